The molecular formula is C14H19FN4O. The first-order valence-corrected chi connectivity index (χ1v) is 6.78. The monoisotopic (exact) mass is 278 g/mol. The standard InChI is InChI=1S/C14H19FN4O/c15-11-9-10(13(16)17)5-6-12(11)18-14(20)19-7-3-1-2-4-8-19/h5-6,9H,1-4,7-8H2,(H3,16,17)(H,18,20). The Hall–Kier alpha value is -2.11. The average Bonchev–Trinajstić information content (AvgIpc) is 2.69. The summed E-state index contributed by atoms with van der Waals surface area (Å²) >= 11 is 0. The van der Waals surface area contributed by atoms with Crippen molar-refractivity contribution in [1.29, 1.82) is 5.41 Å². The van der Waals surface area contributed by atoms with Gasteiger partial charge in [-0.05, 0) is 31.0 Å². The van der Waals surface area contributed by atoms with Crippen molar-refractivity contribution >= 4 is 17.6 Å². The normalized spacial score (nSPS) is 15.6. The molecule has 1 aliphatic heterocycles. The minimum absolute atomic E-state index is 0.115. The molecule has 5 nitrogen and oxygen atoms in total. The summed E-state index contributed by atoms with van der Waals surface area (Å²) in [4.78, 5) is 13.8. The molecule has 20 heavy (non-hydrogen) atoms. The highest BCUT2D eigenvalue weighted by Crippen LogP contribution is 2.17. The molecule has 0 atom stereocenters. The molecular weight excluding hydrogens is 259 g/mol. The van der Waals surface area contributed by atoms with Gasteiger partial charge in [0.05, 0.1) is 5.69 Å². The first-order valence-electron chi connectivity index (χ1n) is 6.78. The maximum atomic E-state index is 13.8. The molecule has 1 aromatic rings. The first kappa shape index (κ1) is 14.3. The van der Waals surface area contributed by atoms with E-state index in [0.717, 1.165) is 31.7 Å². The Morgan fingerprint density at radius 1 is 1.25 bits per heavy atom. The Morgan fingerprint density at radius 3 is 2.45 bits per heavy atom. The number of likely N-dealkylation sites (tertiary alicyclic amines) is 1. The lowest BCUT2D eigenvalue weighted by Crippen LogP contribution is -2.35. The predicted octanol–water partition coefficient (Wildman–Crippen LogP) is 2.52. The average molecular weight is 278 g/mol. The van der Waals surface area contributed by atoms with Crippen molar-refractivity contribution < 1.29 is 9.18 Å². The molecule has 0 saturated carbocycles. The molecule has 6 heteroatoms. The number of nitrogen functional groups attached to an aromatic ring is 1. The second kappa shape index (κ2) is 6.36. The Labute approximate surface area is 117 Å². The highest BCUT2D eigenvalue weighted by atomic mass is 19.1. The molecule has 2 rings (SSSR count). The molecule has 0 radical (unpaired) electrons. The number of hydrogen-bond acceptors (Lipinski definition) is 2. The van der Waals surface area contributed by atoms with E-state index in [0.29, 0.717) is 18.7 Å². The van der Waals surface area contributed by atoms with E-state index < -0.39 is 5.82 Å². The van der Waals surface area contributed by atoms with Gasteiger partial charge in [0, 0.05) is 18.7 Å². The lowest BCUT2D eigenvalue weighted by atomic mass is 10.2. The van der Waals surface area contributed by atoms with Crippen molar-refractivity contribution in [1.82, 2.24) is 4.90 Å². The van der Waals surface area contributed by atoms with Crippen LogP contribution in [0.2, 0.25) is 0 Å². The van der Waals surface area contributed by atoms with Crippen molar-refractivity contribution in [2.75, 3.05) is 18.4 Å². The van der Waals surface area contributed by atoms with Gasteiger partial charge in [0.25, 0.3) is 0 Å². The van der Waals surface area contributed by atoms with Crippen LogP contribution in [0.1, 0.15) is 31.2 Å². The van der Waals surface area contributed by atoms with Gasteiger partial charge < -0.3 is 16.0 Å². The number of carbonyl (C=O) groups is 1. The van der Waals surface area contributed by atoms with Crippen LogP contribution in [-0.4, -0.2) is 29.9 Å². The van der Waals surface area contributed by atoms with Crippen molar-refractivity contribution in [2.45, 2.75) is 25.7 Å². The van der Waals surface area contributed by atoms with Crippen LogP contribution in [-0.2, 0) is 0 Å². The summed E-state index contributed by atoms with van der Waals surface area (Å²) in [5, 5.41) is 9.82. The summed E-state index contributed by atoms with van der Waals surface area (Å²) in [5.74, 6) is -0.782. The minimum atomic E-state index is -0.583. The Balaban J connectivity index is 2.05. The number of anilines is 1. The molecule has 0 unspecified atom stereocenters. The summed E-state index contributed by atoms with van der Waals surface area (Å²) in [6.45, 7) is 1.41. The number of benzene rings is 1. The molecule has 1 heterocycles. The fraction of sp³-hybridized carbons (Fsp3) is 0.429. The second-order valence-corrected chi connectivity index (χ2v) is 4.94. The van der Waals surface area contributed by atoms with Crippen molar-refractivity contribution in [2.24, 2.45) is 5.73 Å². The summed E-state index contributed by atoms with van der Waals surface area (Å²) in [7, 11) is 0. The maximum absolute atomic E-state index is 13.8. The highest BCUT2D eigenvalue weighted by molar-refractivity contribution is 5.96. The number of nitrogens with one attached hydrogen (secondary N) is 2. The number of urea groups is 1. The van der Waals surface area contributed by atoms with E-state index in [1.807, 2.05) is 0 Å². The minimum Gasteiger partial charge on any atom is -0.384 e. The topological polar surface area (TPSA) is 82.2 Å². The number of amidine groups is 1. The van der Waals surface area contributed by atoms with Gasteiger partial charge in [-0.3, -0.25) is 5.41 Å². The van der Waals surface area contributed by atoms with E-state index in [9.17, 15) is 9.18 Å². The number of hydrogen-bond donors (Lipinski definition) is 3. The van der Waals surface area contributed by atoms with Crippen LogP contribution in [0.5, 0.6) is 0 Å². The largest absolute Gasteiger partial charge is 0.384 e. The van der Waals surface area contributed by atoms with Crippen LogP contribution in [0.3, 0.4) is 0 Å². The van der Waals surface area contributed by atoms with E-state index in [1.54, 1.807) is 4.90 Å². The van der Waals surface area contributed by atoms with E-state index >= 15 is 0 Å². The molecule has 0 aliphatic carbocycles. The fourth-order valence-electron chi connectivity index (χ4n) is 2.25. The van der Waals surface area contributed by atoms with Gasteiger partial charge in [-0.15, -0.1) is 0 Å². The first-order chi connectivity index (χ1) is 9.58. The summed E-state index contributed by atoms with van der Waals surface area (Å²) in [6.07, 6.45) is 4.23. The van der Waals surface area contributed by atoms with Gasteiger partial charge in [-0.25, -0.2) is 9.18 Å². The van der Waals surface area contributed by atoms with Crippen LogP contribution >= 0.6 is 0 Å². The van der Waals surface area contributed by atoms with E-state index in [-0.39, 0.29) is 17.6 Å². The molecule has 0 spiro atoms. The van der Waals surface area contributed by atoms with Gasteiger partial charge >= 0.3 is 6.03 Å². The molecule has 0 bridgehead atoms. The number of rotatable bonds is 2. The number of halogens is 1. The Kier molecular flexibility index (Phi) is 4.55. The number of nitrogens with two attached hydrogens (primary N) is 1. The number of carbonyl (C=O) groups excluding carboxylic acids is 1. The van der Waals surface area contributed by atoms with Crippen molar-refractivity contribution in [3.63, 3.8) is 0 Å². The fourth-order valence-corrected chi connectivity index (χ4v) is 2.25. The van der Waals surface area contributed by atoms with Crippen LogP contribution in [0.15, 0.2) is 18.2 Å². The lowest BCUT2D eigenvalue weighted by Gasteiger charge is -2.21. The van der Waals surface area contributed by atoms with Gasteiger partial charge in [-0.2, -0.15) is 0 Å². The molecule has 0 aromatic heterocycles. The Bertz CT molecular complexity index is 510. The van der Waals surface area contributed by atoms with E-state index in [4.69, 9.17) is 11.1 Å². The maximum Gasteiger partial charge on any atom is 0.321 e. The smallest absolute Gasteiger partial charge is 0.321 e. The molecule has 2 amide bonds. The zero-order valence-corrected chi connectivity index (χ0v) is 11.3. The zero-order chi connectivity index (χ0) is 14.5. The molecule has 1 aromatic carbocycles. The highest BCUT2D eigenvalue weighted by Gasteiger charge is 2.17. The van der Waals surface area contributed by atoms with Crippen LogP contribution in [0.25, 0.3) is 0 Å². The molecule has 1 aliphatic rings. The van der Waals surface area contributed by atoms with Crippen molar-refractivity contribution in [3.8, 4) is 0 Å². The summed E-state index contributed by atoms with van der Waals surface area (Å²) in [6, 6.07) is 3.83. The van der Waals surface area contributed by atoms with Crippen LogP contribution in [0, 0.1) is 11.2 Å². The van der Waals surface area contributed by atoms with Crippen molar-refractivity contribution in [3.05, 3.63) is 29.6 Å². The molecule has 1 fully saturated rings. The van der Waals surface area contributed by atoms with E-state index in [1.165, 1.54) is 12.1 Å². The Morgan fingerprint density at radius 2 is 1.90 bits per heavy atom. The zero-order valence-electron chi connectivity index (χ0n) is 11.3. The molecule has 4 N–H and O–H groups in total. The summed E-state index contributed by atoms with van der Waals surface area (Å²) < 4.78 is 13.8. The SMILES string of the molecule is N=C(N)c1ccc(NC(=O)N2CCCCCC2)c(F)c1. The van der Waals surface area contributed by atoms with Gasteiger partial charge in [-0.1, -0.05) is 12.8 Å². The molecule has 1 saturated heterocycles. The number of nitrogens with zero attached hydrogens (tertiary/aromatic N) is 1. The van der Waals surface area contributed by atoms with Gasteiger partial charge in [0.15, 0.2) is 0 Å². The quantitative estimate of drug-likeness (QED) is 0.574. The van der Waals surface area contributed by atoms with Gasteiger partial charge in [0.2, 0.25) is 0 Å². The third kappa shape index (κ3) is 3.46. The lowest BCUT2D eigenvalue weighted by molar-refractivity contribution is 0.213. The number of amides is 2. The summed E-state index contributed by atoms with van der Waals surface area (Å²) in [5.41, 5.74) is 5.71. The van der Waals surface area contributed by atoms with E-state index in [2.05, 4.69) is 5.32 Å². The van der Waals surface area contributed by atoms with Gasteiger partial charge in [0.1, 0.15) is 11.7 Å². The van der Waals surface area contributed by atoms with Crippen LogP contribution < -0.4 is 11.1 Å². The molecule has 108 valence electrons. The van der Waals surface area contributed by atoms with Crippen LogP contribution in [0.4, 0.5) is 14.9 Å². The predicted molar refractivity (Wildman–Crippen MR) is 76.5 cm³/mol. The third-order valence-corrected chi connectivity index (χ3v) is 3.41. The third-order valence-electron chi connectivity index (χ3n) is 3.41. The second-order valence-electron chi connectivity index (χ2n) is 4.94.